The predicted octanol–water partition coefficient (Wildman–Crippen LogP) is 4.37. The maximum absolute atomic E-state index is 12.5. The second-order valence-electron chi connectivity index (χ2n) is 5.92. The van der Waals surface area contributed by atoms with Crippen LogP contribution in [0.15, 0.2) is 47.4 Å². The smallest absolute Gasteiger partial charge is 0.233 e. The van der Waals surface area contributed by atoms with Gasteiger partial charge in [-0.2, -0.15) is 0 Å². The number of hydrogen-bond donors (Lipinski definition) is 1. The number of benzene rings is 2. The van der Waals surface area contributed by atoms with E-state index in [2.05, 4.69) is 24.4 Å². The van der Waals surface area contributed by atoms with Crippen molar-refractivity contribution in [1.29, 1.82) is 0 Å². The molecule has 0 aliphatic rings. The van der Waals surface area contributed by atoms with Crippen LogP contribution in [0.1, 0.15) is 31.0 Å². The molecule has 5 heteroatoms. The van der Waals surface area contributed by atoms with Gasteiger partial charge in [-0.1, -0.05) is 29.8 Å². The first-order valence-electron chi connectivity index (χ1n) is 8.20. The molecule has 25 heavy (non-hydrogen) atoms. The van der Waals surface area contributed by atoms with Gasteiger partial charge in [-0.25, -0.2) is 0 Å². The van der Waals surface area contributed by atoms with Gasteiger partial charge in [0, 0.05) is 4.90 Å². The Balaban J connectivity index is 1.99. The first-order chi connectivity index (χ1) is 11.9. The largest absolute Gasteiger partial charge is 0.493 e. The van der Waals surface area contributed by atoms with Gasteiger partial charge < -0.3 is 14.8 Å². The molecule has 2 atom stereocenters. The molecule has 2 rings (SSSR count). The van der Waals surface area contributed by atoms with Crippen molar-refractivity contribution < 1.29 is 14.3 Å². The van der Waals surface area contributed by atoms with Crippen LogP contribution in [0.2, 0.25) is 0 Å². The van der Waals surface area contributed by atoms with Crippen molar-refractivity contribution in [3.05, 3.63) is 53.6 Å². The van der Waals surface area contributed by atoms with Crippen LogP contribution in [-0.2, 0) is 4.79 Å². The quantitative estimate of drug-likeness (QED) is 0.746. The second-order valence-corrected chi connectivity index (χ2v) is 7.33. The molecular formula is C20H25NO3S. The van der Waals surface area contributed by atoms with Gasteiger partial charge in [0.2, 0.25) is 5.91 Å². The zero-order valence-corrected chi connectivity index (χ0v) is 16.1. The highest BCUT2D eigenvalue weighted by molar-refractivity contribution is 8.00. The summed E-state index contributed by atoms with van der Waals surface area (Å²) in [6, 6.07) is 13.8. The van der Waals surface area contributed by atoms with Crippen molar-refractivity contribution in [2.75, 3.05) is 14.2 Å². The zero-order chi connectivity index (χ0) is 18.4. The van der Waals surface area contributed by atoms with E-state index in [-0.39, 0.29) is 17.2 Å². The van der Waals surface area contributed by atoms with Gasteiger partial charge in [0.1, 0.15) is 0 Å². The third kappa shape index (κ3) is 5.16. The lowest BCUT2D eigenvalue weighted by atomic mass is 10.1. The summed E-state index contributed by atoms with van der Waals surface area (Å²) >= 11 is 1.49. The van der Waals surface area contributed by atoms with Crippen LogP contribution in [0.25, 0.3) is 0 Å². The predicted molar refractivity (Wildman–Crippen MR) is 103 cm³/mol. The van der Waals surface area contributed by atoms with E-state index >= 15 is 0 Å². The highest BCUT2D eigenvalue weighted by Gasteiger charge is 2.18. The van der Waals surface area contributed by atoms with Crippen LogP contribution in [0.3, 0.4) is 0 Å². The lowest BCUT2D eigenvalue weighted by molar-refractivity contribution is -0.120. The first-order valence-corrected chi connectivity index (χ1v) is 9.08. The molecular weight excluding hydrogens is 334 g/mol. The minimum absolute atomic E-state index is 0.00728. The number of rotatable bonds is 7. The fourth-order valence-electron chi connectivity index (χ4n) is 2.42. The van der Waals surface area contributed by atoms with Gasteiger partial charge in [-0.15, -0.1) is 11.8 Å². The van der Waals surface area contributed by atoms with E-state index in [0.717, 1.165) is 10.5 Å². The van der Waals surface area contributed by atoms with E-state index in [0.29, 0.717) is 11.5 Å². The molecule has 0 radical (unpaired) electrons. The molecule has 134 valence electrons. The van der Waals surface area contributed by atoms with Gasteiger partial charge in [-0.05, 0) is 44.5 Å². The molecule has 2 aromatic carbocycles. The Kier molecular flexibility index (Phi) is 6.76. The summed E-state index contributed by atoms with van der Waals surface area (Å²) in [5.74, 6) is 1.35. The van der Waals surface area contributed by atoms with E-state index in [9.17, 15) is 4.79 Å². The minimum atomic E-state index is -0.217. The van der Waals surface area contributed by atoms with Gasteiger partial charge >= 0.3 is 0 Å². The van der Waals surface area contributed by atoms with Crippen molar-refractivity contribution in [1.82, 2.24) is 5.32 Å². The zero-order valence-electron chi connectivity index (χ0n) is 15.3. The van der Waals surface area contributed by atoms with Crippen molar-refractivity contribution in [3.63, 3.8) is 0 Å². The Morgan fingerprint density at radius 3 is 2.24 bits per heavy atom. The molecule has 0 heterocycles. The fraction of sp³-hybridized carbons (Fsp3) is 0.350. The summed E-state index contributed by atoms with van der Waals surface area (Å²) in [6.07, 6.45) is 0. The van der Waals surface area contributed by atoms with E-state index in [4.69, 9.17) is 9.47 Å². The summed E-state index contributed by atoms with van der Waals surface area (Å²) in [5, 5.41) is 2.85. The Hall–Kier alpha value is -2.14. The Morgan fingerprint density at radius 1 is 1.00 bits per heavy atom. The van der Waals surface area contributed by atoms with Crippen molar-refractivity contribution in [3.8, 4) is 11.5 Å². The average Bonchev–Trinajstić information content (AvgIpc) is 2.61. The van der Waals surface area contributed by atoms with Gasteiger partial charge in [0.05, 0.1) is 25.5 Å². The molecule has 0 unspecified atom stereocenters. The van der Waals surface area contributed by atoms with Crippen LogP contribution in [0.4, 0.5) is 0 Å². The summed E-state index contributed by atoms with van der Waals surface area (Å²) in [6.45, 7) is 5.95. The van der Waals surface area contributed by atoms with Crippen molar-refractivity contribution in [2.24, 2.45) is 0 Å². The number of nitrogens with one attached hydrogen (secondary N) is 1. The SMILES string of the molecule is COc1ccc(S[C@H](C)C(=O)N[C@H](C)c2ccc(C)cc2)cc1OC. The summed E-state index contributed by atoms with van der Waals surface area (Å²) in [4.78, 5) is 13.4. The molecule has 0 spiro atoms. The Labute approximate surface area is 153 Å². The number of methoxy groups -OCH3 is 2. The number of thioether (sulfide) groups is 1. The molecule has 0 saturated carbocycles. The van der Waals surface area contributed by atoms with Crippen LogP contribution in [0, 0.1) is 6.92 Å². The number of carbonyl (C=O) groups is 1. The van der Waals surface area contributed by atoms with Crippen LogP contribution >= 0.6 is 11.8 Å². The third-order valence-electron chi connectivity index (χ3n) is 3.97. The molecule has 2 aromatic rings. The third-order valence-corrected chi connectivity index (χ3v) is 5.07. The molecule has 0 aliphatic heterocycles. The number of hydrogen-bond acceptors (Lipinski definition) is 4. The highest BCUT2D eigenvalue weighted by atomic mass is 32.2. The minimum Gasteiger partial charge on any atom is -0.493 e. The normalized spacial score (nSPS) is 13.0. The maximum atomic E-state index is 12.5. The Bertz CT molecular complexity index is 715. The number of amides is 1. The van der Waals surface area contributed by atoms with Crippen molar-refractivity contribution >= 4 is 17.7 Å². The molecule has 0 saturated heterocycles. The molecule has 0 aliphatic carbocycles. The summed E-state index contributed by atoms with van der Waals surface area (Å²) in [7, 11) is 3.21. The van der Waals surface area contributed by atoms with Gasteiger partial charge in [0.25, 0.3) is 0 Å². The fourth-order valence-corrected chi connectivity index (χ4v) is 3.32. The molecule has 1 N–H and O–H groups in total. The monoisotopic (exact) mass is 359 g/mol. The van der Waals surface area contributed by atoms with Crippen LogP contribution in [0.5, 0.6) is 11.5 Å². The number of carbonyl (C=O) groups excluding carboxylic acids is 1. The molecule has 0 aromatic heterocycles. The molecule has 4 nitrogen and oxygen atoms in total. The van der Waals surface area contributed by atoms with E-state index < -0.39 is 0 Å². The lowest BCUT2D eigenvalue weighted by Crippen LogP contribution is -2.33. The first kappa shape index (κ1) is 19.2. The molecule has 0 fully saturated rings. The summed E-state index contributed by atoms with van der Waals surface area (Å²) < 4.78 is 10.6. The summed E-state index contributed by atoms with van der Waals surface area (Å²) in [5.41, 5.74) is 2.31. The van der Waals surface area contributed by atoms with E-state index in [1.165, 1.54) is 17.3 Å². The maximum Gasteiger partial charge on any atom is 0.233 e. The standard InChI is InChI=1S/C20H25NO3S/c1-13-6-8-16(9-7-13)14(2)21-20(22)15(3)25-17-10-11-18(23-4)19(12-17)24-5/h6-12,14-15H,1-5H3,(H,21,22)/t14-,15-/m1/s1. The second kappa shape index (κ2) is 8.81. The van der Waals surface area contributed by atoms with E-state index in [1.54, 1.807) is 14.2 Å². The van der Waals surface area contributed by atoms with E-state index in [1.807, 2.05) is 44.2 Å². The average molecular weight is 359 g/mol. The Morgan fingerprint density at radius 2 is 1.64 bits per heavy atom. The lowest BCUT2D eigenvalue weighted by Gasteiger charge is -2.18. The molecule has 0 bridgehead atoms. The highest BCUT2D eigenvalue weighted by Crippen LogP contribution is 2.33. The van der Waals surface area contributed by atoms with Gasteiger partial charge in [-0.3, -0.25) is 4.79 Å². The van der Waals surface area contributed by atoms with Crippen molar-refractivity contribution in [2.45, 2.75) is 37.0 Å². The van der Waals surface area contributed by atoms with Gasteiger partial charge in [0.15, 0.2) is 11.5 Å². The topological polar surface area (TPSA) is 47.6 Å². The van der Waals surface area contributed by atoms with Crippen LogP contribution < -0.4 is 14.8 Å². The number of aryl methyl sites for hydroxylation is 1. The molecule has 1 amide bonds. The number of ether oxygens (including phenoxy) is 2. The van der Waals surface area contributed by atoms with Crippen LogP contribution in [-0.4, -0.2) is 25.4 Å².